The van der Waals surface area contributed by atoms with Gasteiger partial charge in [0, 0.05) is 16.5 Å². The average Bonchev–Trinajstić information content (AvgIpc) is 3.50. The van der Waals surface area contributed by atoms with Crippen LogP contribution in [0.25, 0.3) is 11.8 Å². The van der Waals surface area contributed by atoms with Crippen LogP contribution in [0, 0.1) is 0 Å². The minimum absolute atomic E-state index is 0.00559. The molecule has 3 aromatic heterocycles. The molecule has 1 aliphatic carbocycles. The third-order valence-electron chi connectivity index (χ3n) is 5.50. The molecule has 2 aliphatic rings. The highest BCUT2D eigenvalue weighted by Gasteiger charge is 2.32. The zero-order valence-corrected chi connectivity index (χ0v) is 17.0. The number of nitrogens with zero attached hydrogens (tertiary/aromatic N) is 2. The van der Waals surface area contributed by atoms with Gasteiger partial charge in [-0.2, -0.15) is 0 Å². The Balaban J connectivity index is 1.66. The number of allylic oxidation sites excluding steroid dienone is 1. The SMILES string of the molecule is O=c1c(=Cc2ccco2)sc2n1C(c1cccs1)C1=C(N=2)c2ccccc2CC1. The lowest BCUT2D eigenvalue weighted by Crippen LogP contribution is -2.38. The monoisotopic (exact) mass is 416 g/mol. The van der Waals surface area contributed by atoms with Gasteiger partial charge < -0.3 is 4.42 Å². The van der Waals surface area contributed by atoms with Crippen molar-refractivity contribution < 1.29 is 4.42 Å². The molecule has 0 spiro atoms. The molecule has 0 bridgehead atoms. The number of hydrogen-bond acceptors (Lipinski definition) is 5. The number of thiophene rings is 1. The molecule has 29 heavy (non-hydrogen) atoms. The van der Waals surface area contributed by atoms with E-state index in [1.54, 1.807) is 17.6 Å². The molecule has 0 saturated carbocycles. The lowest BCUT2D eigenvalue weighted by Gasteiger charge is -2.30. The maximum Gasteiger partial charge on any atom is 0.271 e. The molecule has 1 aliphatic heterocycles. The van der Waals surface area contributed by atoms with Crippen LogP contribution >= 0.6 is 22.7 Å². The molecule has 4 aromatic rings. The summed E-state index contributed by atoms with van der Waals surface area (Å²) in [7, 11) is 0. The molecule has 6 rings (SSSR count). The first-order valence-electron chi connectivity index (χ1n) is 9.49. The second-order valence-corrected chi connectivity index (χ2v) is 9.13. The van der Waals surface area contributed by atoms with Gasteiger partial charge in [-0.1, -0.05) is 41.7 Å². The Morgan fingerprint density at radius 3 is 2.86 bits per heavy atom. The second kappa shape index (κ2) is 6.54. The lowest BCUT2D eigenvalue weighted by atomic mass is 9.85. The van der Waals surface area contributed by atoms with Crippen molar-refractivity contribution in [1.29, 1.82) is 0 Å². The standard InChI is InChI=1S/C23H16N2O2S2/c26-22-19(13-15-6-3-11-27-15)29-23-24-20-16-7-2-1-5-14(16)9-10-17(20)21(25(22)23)18-8-4-12-28-18/h1-8,11-13,21H,9-10H2. The van der Waals surface area contributed by atoms with Gasteiger partial charge in [-0.15, -0.1) is 11.3 Å². The van der Waals surface area contributed by atoms with E-state index >= 15 is 0 Å². The Hall–Kier alpha value is -2.96. The first kappa shape index (κ1) is 16.9. The van der Waals surface area contributed by atoms with Crippen LogP contribution in [-0.2, 0) is 6.42 Å². The fourth-order valence-corrected chi connectivity index (χ4v) is 6.05. The summed E-state index contributed by atoms with van der Waals surface area (Å²) in [5.74, 6) is 0.678. The van der Waals surface area contributed by atoms with Crippen molar-refractivity contribution in [3.8, 4) is 0 Å². The number of aryl methyl sites for hydroxylation is 1. The number of benzene rings is 1. The van der Waals surface area contributed by atoms with E-state index in [-0.39, 0.29) is 11.6 Å². The maximum absolute atomic E-state index is 13.4. The summed E-state index contributed by atoms with van der Waals surface area (Å²) in [5.41, 5.74) is 4.79. The maximum atomic E-state index is 13.4. The Bertz CT molecular complexity index is 1420. The summed E-state index contributed by atoms with van der Waals surface area (Å²) in [6.07, 6.45) is 5.32. The van der Waals surface area contributed by atoms with Crippen molar-refractivity contribution in [2.24, 2.45) is 4.99 Å². The molecular weight excluding hydrogens is 400 g/mol. The number of fused-ring (bicyclic) bond motifs is 3. The van der Waals surface area contributed by atoms with Crippen LogP contribution in [0.1, 0.15) is 34.2 Å². The van der Waals surface area contributed by atoms with Crippen LogP contribution in [0.3, 0.4) is 0 Å². The van der Waals surface area contributed by atoms with Crippen LogP contribution in [-0.4, -0.2) is 4.57 Å². The van der Waals surface area contributed by atoms with Gasteiger partial charge in [-0.25, -0.2) is 4.99 Å². The molecule has 0 fully saturated rings. The summed E-state index contributed by atoms with van der Waals surface area (Å²) in [6, 6.07) is 16.2. The molecule has 4 nitrogen and oxygen atoms in total. The average molecular weight is 417 g/mol. The van der Waals surface area contributed by atoms with E-state index in [2.05, 4.69) is 41.8 Å². The quantitative estimate of drug-likeness (QED) is 0.496. The smallest absolute Gasteiger partial charge is 0.271 e. The summed E-state index contributed by atoms with van der Waals surface area (Å²) >= 11 is 3.12. The fraction of sp³-hybridized carbons (Fsp3) is 0.130. The summed E-state index contributed by atoms with van der Waals surface area (Å²) in [6.45, 7) is 0. The zero-order valence-electron chi connectivity index (χ0n) is 15.4. The number of rotatable bonds is 2. The second-order valence-electron chi connectivity index (χ2n) is 7.14. The molecule has 142 valence electrons. The molecule has 1 unspecified atom stereocenters. The Labute approximate surface area is 174 Å². The van der Waals surface area contributed by atoms with Gasteiger partial charge in [0.25, 0.3) is 5.56 Å². The molecule has 0 N–H and O–H groups in total. The number of aromatic nitrogens is 1. The highest BCUT2D eigenvalue weighted by Crippen LogP contribution is 2.42. The third-order valence-corrected chi connectivity index (χ3v) is 7.41. The molecule has 0 radical (unpaired) electrons. The number of thiazole rings is 1. The van der Waals surface area contributed by atoms with E-state index in [4.69, 9.17) is 9.41 Å². The summed E-state index contributed by atoms with van der Waals surface area (Å²) in [5, 5.41) is 2.07. The van der Waals surface area contributed by atoms with Crippen molar-refractivity contribution in [1.82, 2.24) is 4.57 Å². The van der Waals surface area contributed by atoms with Crippen LogP contribution in [0.5, 0.6) is 0 Å². The van der Waals surface area contributed by atoms with Crippen molar-refractivity contribution >= 4 is 34.4 Å². The van der Waals surface area contributed by atoms with Crippen molar-refractivity contribution in [2.45, 2.75) is 18.9 Å². The predicted octanol–water partition coefficient (Wildman–Crippen LogP) is 3.97. The molecule has 4 heterocycles. The van der Waals surface area contributed by atoms with E-state index in [9.17, 15) is 4.79 Å². The summed E-state index contributed by atoms with van der Waals surface area (Å²) < 4.78 is 7.95. The minimum Gasteiger partial charge on any atom is -0.465 e. The third kappa shape index (κ3) is 2.63. The van der Waals surface area contributed by atoms with Gasteiger partial charge in [-0.05, 0) is 47.6 Å². The van der Waals surface area contributed by atoms with Crippen LogP contribution in [0.2, 0.25) is 0 Å². The summed E-state index contributed by atoms with van der Waals surface area (Å²) in [4.78, 5) is 20.3. The van der Waals surface area contributed by atoms with Gasteiger partial charge in [0.15, 0.2) is 4.80 Å². The van der Waals surface area contributed by atoms with Crippen LogP contribution in [0.15, 0.2) is 80.0 Å². The van der Waals surface area contributed by atoms with Crippen LogP contribution < -0.4 is 14.9 Å². The van der Waals surface area contributed by atoms with Crippen molar-refractivity contribution in [3.05, 3.63) is 107 Å². The topological polar surface area (TPSA) is 47.5 Å². The predicted molar refractivity (Wildman–Crippen MR) is 116 cm³/mol. The van der Waals surface area contributed by atoms with Crippen molar-refractivity contribution in [2.75, 3.05) is 0 Å². The van der Waals surface area contributed by atoms with Gasteiger partial charge in [0.2, 0.25) is 0 Å². The van der Waals surface area contributed by atoms with E-state index in [1.807, 2.05) is 22.8 Å². The number of hydrogen-bond donors (Lipinski definition) is 0. The van der Waals surface area contributed by atoms with Gasteiger partial charge in [-0.3, -0.25) is 9.36 Å². The van der Waals surface area contributed by atoms with Gasteiger partial charge in [0.1, 0.15) is 5.76 Å². The minimum atomic E-state index is -0.0895. The molecule has 0 amide bonds. The Morgan fingerprint density at radius 1 is 1.10 bits per heavy atom. The van der Waals surface area contributed by atoms with E-state index in [0.717, 1.165) is 23.3 Å². The first-order chi connectivity index (χ1) is 14.3. The highest BCUT2D eigenvalue weighted by atomic mass is 32.1. The molecular formula is C23H16N2O2S2. The Morgan fingerprint density at radius 2 is 2.03 bits per heavy atom. The lowest BCUT2D eigenvalue weighted by molar-refractivity contribution is 0.556. The first-order valence-corrected chi connectivity index (χ1v) is 11.2. The zero-order chi connectivity index (χ0) is 19.4. The molecule has 0 saturated heterocycles. The molecule has 6 heteroatoms. The van der Waals surface area contributed by atoms with E-state index in [1.165, 1.54) is 32.9 Å². The van der Waals surface area contributed by atoms with E-state index < -0.39 is 0 Å². The molecule has 1 atom stereocenters. The molecule has 1 aromatic carbocycles. The van der Waals surface area contributed by atoms with Crippen molar-refractivity contribution in [3.63, 3.8) is 0 Å². The Kier molecular flexibility index (Phi) is 3.82. The van der Waals surface area contributed by atoms with Crippen LogP contribution in [0.4, 0.5) is 0 Å². The van der Waals surface area contributed by atoms with E-state index in [0.29, 0.717) is 10.3 Å². The normalized spacial score (nSPS) is 18.2. The highest BCUT2D eigenvalue weighted by molar-refractivity contribution is 7.10. The fourth-order valence-electron chi connectivity index (χ4n) is 4.22. The number of furan rings is 1. The largest absolute Gasteiger partial charge is 0.465 e. The van der Waals surface area contributed by atoms with Gasteiger partial charge >= 0.3 is 0 Å². The van der Waals surface area contributed by atoms with Gasteiger partial charge in [0.05, 0.1) is 22.5 Å².